The molecule has 0 saturated carbocycles. The fraction of sp³-hybridized carbons (Fsp3) is 1.00. The van der Waals surface area contributed by atoms with Crippen LogP contribution in [0, 0.1) is 0 Å². The summed E-state index contributed by atoms with van der Waals surface area (Å²) >= 11 is 2.06. The number of nitrogens with one attached hydrogen (secondary N) is 1. The fourth-order valence-corrected chi connectivity index (χ4v) is 3.20. The standard InChI is InChI=1S/C13H28N2S/c1-6-12-8-14-13(4,5)10-15(12)11(3)9-16-7-2/h11-12,14H,6-10H2,1-5H3. The van der Waals surface area contributed by atoms with E-state index >= 15 is 0 Å². The Morgan fingerprint density at radius 2 is 2.12 bits per heavy atom. The fourth-order valence-electron chi connectivity index (χ4n) is 2.43. The van der Waals surface area contributed by atoms with E-state index in [9.17, 15) is 0 Å². The average Bonchev–Trinajstić information content (AvgIpc) is 2.24. The Labute approximate surface area is 106 Å². The van der Waals surface area contributed by atoms with Gasteiger partial charge in [0.25, 0.3) is 0 Å². The molecule has 1 aliphatic heterocycles. The van der Waals surface area contributed by atoms with Crippen molar-refractivity contribution in [3.8, 4) is 0 Å². The molecule has 2 atom stereocenters. The van der Waals surface area contributed by atoms with Gasteiger partial charge in [0, 0.05) is 36.5 Å². The van der Waals surface area contributed by atoms with Gasteiger partial charge in [0.05, 0.1) is 0 Å². The summed E-state index contributed by atoms with van der Waals surface area (Å²) in [6, 6.07) is 1.43. The van der Waals surface area contributed by atoms with Gasteiger partial charge in [-0.2, -0.15) is 11.8 Å². The number of hydrogen-bond acceptors (Lipinski definition) is 3. The van der Waals surface area contributed by atoms with Gasteiger partial charge in [0.15, 0.2) is 0 Å². The molecule has 0 radical (unpaired) electrons. The molecule has 16 heavy (non-hydrogen) atoms. The highest BCUT2D eigenvalue weighted by atomic mass is 32.2. The summed E-state index contributed by atoms with van der Waals surface area (Å²) in [5.74, 6) is 2.50. The maximum atomic E-state index is 3.65. The highest BCUT2D eigenvalue weighted by molar-refractivity contribution is 7.99. The molecule has 0 aromatic rings. The van der Waals surface area contributed by atoms with Gasteiger partial charge in [-0.3, -0.25) is 4.90 Å². The van der Waals surface area contributed by atoms with Crippen molar-refractivity contribution in [3.63, 3.8) is 0 Å². The van der Waals surface area contributed by atoms with Gasteiger partial charge in [-0.05, 0) is 32.9 Å². The minimum absolute atomic E-state index is 0.275. The molecule has 0 spiro atoms. The Morgan fingerprint density at radius 1 is 1.44 bits per heavy atom. The van der Waals surface area contributed by atoms with Crippen molar-refractivity contribution < 1.29 is 0 Å². The molecule has 0 aliphatic carbocycles. The summed E-state index contributed by atoms with van der Waals surface area (Å²) in [5.41, 5.74) is 0.275. The second-order valence-electron chi connectivity index (χ2n) is 5.51. The van der Waals surface area contributed by atoms with Crippen molar-refractivity contribution in [3.05, 3.63) is 0 Å². The van der Waals surface area contributed by atoms with E-state index < -0.39 is 0 Å². The van der Waals surface area contributed by atoms with Crippen LogP contribution in [0.3, 0.4) is 0 Å². The normalized spacial score (nSPS) is 27.9. The Bertz CT molecular complexity index is 206. The maximum Gasteiger partial charge on any atom is 0.0253 e. The second kappa shape index (κ2) is 6.27. The van der Waals surface area contributed by atoms with Crippen LogP contribution in [0.2, 0.25) is 0 Å². The molecule has 0 bridgehead atoms. The van der Waals surface area contributed by atoms with Crippen molar-refractivity contribution in [1.29, 1.82) is 0 Å². The molecule has 1 heterocycles. The smallest absolute Gasteiger partial charge is 0.0253 e. The highest BCUT2D eigenvalue weighted by Crippen LogP contribution is 2.21. The molecular formula is C13H28N2S. The maximum absolute atomic E-state index is 3.65. The summed E-state index contributed by atoms with van der Waals surface area (Å²) in [7, 11) is 0. The third-order valence-electron chi connectivity index (χ3n) is 3.46. The van der Waals surface area contributed by atoms with E-state index in [2.05, 4.69) is 56.6 Å². The van der Waals surface area contributed by atoms with Gasteiger partial charge >= 0.3 is 0 Å². The largest absolute Gasteiger partial charge is 0.309 e. The van der Waals surface area contributed by atoms with Crippen LogP contribution in [0.25, 0.3) is 0 Å². The van der Waals surface area contributed by atoms with E-state index in [1.807, 2.05) is 0 Å². The zero-order chi connectivity index (χ0) is 12.2. The van der Waals surface area contributed by atoms with Gasteiger partial charge in [0.2, 0.25) is 0 Å². The van der Waals surface area contributed by atoms with E-state index in [1.165, 1.54) is 24.5 Å². The van der Waals surface area contributed by atoms with Crippen LogP contribution >= 0.6 is 11.8 Å². The number of nitrogens with zero attached hydrogens (tertiary/aromatic N) is 1. The van der Waals surface area contributed by atoms with E-state index in [0.29, 0.717) is 6.04 Å². The lowest BCUT2D eigenvalue weighted by Gasteiger charge is -2.47. The molecule has 0 amide bonds. The Morgan fingerprint density at radius 3 is 2.69 bits per heavy atom. The summed E-state index contributed by atoms with van der Waals surface area (Å²) in [5, 5.41) is 3.65. The third kappa shape index (κ3) is 3.94. The molecule has 1 fully saturated rings. The quantitative estimate of drug-likeness (QED) is 0.800. The minimum atomic E-state index is 0.275. The van der Waals surface area contributed by atoms with Gasteiger partial charge in [0.1, 0.15) is 0 Å². The molecule has 0 aromatic heterocycles. The zero-order valence-corrected chi connectivity index (χ0v) is 12.4. The molecule has 96 valence electrons. The van der Waals surface area contributed by atoms with Crippen LogP contribution < -0.4 is 5.32 Å². The third-order valence-corrected chi connectivity index (χ3v) is 4.59. The first kappa shape index (κ1) is 14.3. The van der Waals surface area contributed by atoms with Crippen molar-refractivity contribution in [2.75, 3.05) is 24.6 Å². The van der Waals surface area contributed by atoms with Crippen LogP contribution in [-0.4, -0.2) is 47.1 Å². The molecule has 1 rings (SSSR count). The predicted octanol–water partition coefficient (Wildman–Crippen LogP) is 2.59. The van der Waals surface area contributed by atoms with Crippen LogP contribution in [0.1, 0.15) is 41.0 Å². The van der Waals surface area contributed by atoms with Crippen molar-refractivity contribution in [2.24, 2.45) is 0 Å². The Balaban J connectivity index is 2.57. The summed E-state index contributed by atoms with van der Waals surface area (Å²) in [6.45, 7) is 13.9. The summed E-state index contributed by atoms with van der Waals surface area (Å²) in [4.78, 5) is 2.71. The van der Waals surface area contributed by atoms with E-state index in [4.69, 9.17) is 0 Å². The van der Waals surface area contributed by atoms with Crippen LogP contribution in [0.15, 0.2) is 0 Å². The summed E-state index contributed by atoms with van der Waals surface area (Å²) in [6.07, 6.45) is 1.25. The number of thioether (sulfide) groups is 1. The number of hydrogen-bond donors (Lipinski definition) is 1. The van der Waals surface area contributed by atoms with Gasteiger partial charge < -0.3 is 5.32 Å². The van der Waals surface area contributed by atoms with Gasteiger partial charge in [-0.1, -0.05) is 13.8 Å². The van der Waals surface area contributed by atoms with Crippen molar-refractivity contribution >= 4 is 11.8 Å². The highest BCUT2D eigenvalue weighted by Gasteiger charge is 2.33. The summed E-state index contributed by atoms with van der Waals surface area (Å²) < 4.78 is 0. The average molecular weight is 244 g/mol. The topological polar surface area (TPSA) is 15.3 Å². The molecule has 2 unspecified atom stereocenters. The first-order valence-corrected chi connectivity index (χ1v) is 7.74. The Hall–Kier alpha value is 0.270. The molecule has 1 aliphatic rings. The number of piperazine rings is 1. The molecule has 0 aromatic carbocycles. The number of rotatable bonds is 5. The van der Waals surface area contributed by atoms with Gasteiger partial charge in [-0.25, -0.2) is 0 Å². The van der Waals surface area contributed by atoms with Crippen LogP contribution in [-0.2, 0) is 0 Å². The van der Waals surface area contributed by atoms with E-state index in [0.717, 1.165) is 12.6 Å². The lowest BCUT2D eigenvalue weighted by molar-refractivity contribution is 0.0667. The van der Waals surface area contributed by atoms with E-state index in [-0.39, 0.29) is 5.54 Å². The second-order valence-corrected chi connectivity index (χ2v) is 6.83. The Kier molecular flexibility index (Phi) is 5.62. The van der Waals surface area contributed by atoms with Gasteiger partial charge in [-0.15, -0.1) is 0 Å². The molecule has 1 saturated heterocycles. The molecule has 1 N–H and O–H groups in total. The van der Waals surface area contributed by atoms with Crippen molar-refractivity contribution in [2.45, 2.75) is 58.7 Å². The van der Waals surface area contributed by atoms with E-state index in [1.54, 1.807) is 0 Å². The monoisotopic (exact) mass is 244 g/mol. The van der Waals surface area contributed by atoms with Crippen molar-refractivity contribution in [1.82, 2.24) is 10.2 Å². The molecule has 3 heteroatoms. The molecular weight excluding hydrogens is 216 g/mol. The first-order valence-electron chi connectivity index (χ1n) is 6.58. The SMILES string of the molecule is CCSCC(C)N1CC(C)(C)NCC1CC. The van der Waals surface area contributed by atoms with Crippen LogP contribution in [0.4, 0.5) is 0 Å². The minimum Gasteiger partial charge on any atom is -0.309 e. The lowest BCUT2D eigenvalue weighted by Crippen LogP contribution is -2.63. The first-order chi connectivity index (χ1) is 7.50. The zero-order valence-electron chi connectivity index (χ0n) is 11.5. The van der Waals surface area contributed by atoms with Crippen LogP contribution in [0.5, 0.6) is 0 Å². The molecule has 2 nitrogen and oxygen atoms in total. The predicted molar refractivity (Wildman–Crippen MR) is 75.3 cm³/mol. The lowest BCUT2D eigenvalue weighted by atomic mass is 9.96.